The summed E-state index contributed by atoms with van der Waals surface area (Å²) in [5.41, 5.74) is 0.0347. The van der Waals surface area contributed by atoms with Gasteiger partial charge in [-0.15, -0.1) is 12.4 Å². The summed E-state index contributed by atoms with van der Waals surface area (Å²) in [7, 11) is 0. The molecule has 3 rings (SSSR count). The van der Waals surface area contributed by atoms with Crippen LogP contribution < -0.4 is 5.32 Å². The molecule has 1 fully saturated rings. The van der Waals surface area contributed by atoms with Crippen molar-refractivity contribution in [2.45, 2.75) is 12.4 Å². The average Bonchev–Trinajstić information content (AvgIpc) is 2.64. The Hall–Kier alpha value is -2.58. The number of alkyl halides is 6. The maximum absolute atomic E-state index is 12.7. The molecule has 1 aliphatic heterocycles. The summed E-state index contributed by atoms with van der Waals surface area (Å²) in [5, 5.41) is 3.01. The van der Waals surface area contributed by atoms with E-state index in [0.29, 0.717) is 22.3 Å². The van der Waals surface area contributed by atoms with Crippen molar-refractivity contribution in [2.24, 2.45) is 0 Å². The van der Waals surface area contributed by atoms with E-state index in [-0.39, 0.29) is 31.3 Å². The third-order valence-corrected chi connectivity index (χ3v) is 4.37. The molecule has 0 atom stereocenters. The second-order valence-electron chi connectivity index (χ2n) is 6.51. The minimum atomic E-state index is -4.44. The molecule has 2 aromatic carbocycles. The van der Waals surface area contributed by atoms with Crippen LogP contribution in [0.5, 0.6) is 0 Å². The van der Waals surface area contributed by atoms with E-state index in [0.717, 1.165) is 24.3 Å². The molecule has 160 valence electrons. The maximum atomic E-state index is 12.7. The minimum absolute atomic E-state index is 0. The summed E-state index contributed by atoms with van der Waals surface area (Å²) in [6.07, 6.45) is -5.89. The molecule has 0 aliphatic carbocycles. The van der Waals surface area contributed by atoms with Gasteiger partial charge in [-0.25, -0.2) is 0 Å². The molecule has 9 heteroatoms. The fourth-order valence-corrected chi connectivity index (χ4v) is 2.87. The summed E-state index contributed by atoms with van der Waals surface area (Å²) >= 11 is 0. The Labute approximate surface area is 174 Å². The molecule has 1 N–H and O–H groups in total. The van der Waals surface area contributed by atoms with Crippen LogP contribution in [0.1, 0.15) is 22.3 Å². The highest BCUT2D eigenvalue weighted by atomic mass is 35.5. The van der Waals surface area contributed by atoms with E-state index in [1.54, 1.807) is 0 Å². The average molecular weight is 448 g/mol. The molecule has 0 saturated carbocycles. The van der Waals surface area contributed by atoms with E-state index in [4.69, 9.17) is 0 Å². The van der Waals surface area contributed by atoms with E-state index in [1.165, 1.54) is 36.4 Å². The number of rotatable bonds is 2. The molecule has 1 saturated heterocycles. The van der Waals surface area contributed by atoms with E-state index < -0.39 is 23.5 Å². The molecule has 0 bridgehead atoms. The van der Waals surface area contributed by atoms with E-state index in [1.807, 2.05) is 0 Å². The van der Waals surface area contributed by atoms with Crippen LogP contribution in [0.15, 0.2) is 59.7 Å². The van der Waals surface area contributed by atoms with Gasteiger partial charge in [-0.1, -0.05) is 24.3 Å². The summed E-state index contributed by atoms with van der Waals surface area (Å²) in [4.78, 5) is 12.7. The van der Waals surface area contributed by atoms with Gasteiger partial charge in [0.05, 0.1) is 11.1 Å². The number of hydrogen-bond acceptors (Lipinski definition) is 2. The summed E-state index contributed by atoms with van der Waals surface area (Å²) in [6.45, 7) is 0.481. The monoisotopic (exact) mass is 447 g/mol. The molecule has 2 nitrogen and oxygen atoms in total. The molecular weight excluding hydrogens is 432 g/mol. The predicted molar refractivity (Wildman–Crippen MR) is 104 cm³/mol. The summed E-state index contributed by atoms with van der Waals surface area (Å²) < 4.78 is 75.8. The van der Waals surface area contributed by atoms with Gasteiger partial charge in [-0.2, -0.15) is 26.3 Å². The molecule has 0 spiro atoms. The number of benzene rings is 2. The van der Waals surface area contributed by atoms with Crippen LogP contribution in [0.3, 0.4) is 0 Å². The molecule has 0 radical (unpaired) electrons. The maximum Gasteiger partial charge on any atom is 0.416 e. The van der Waals surface area contributed by atoms with Crippen molar-refractivity contribution in [3.63, 3.8) is 0 Å². The Balaban J connectivity index is 0.00000320. The van der Waals surface area contributed by atoms with Crippen molar-refractivity contribution < 1.29 is 31.1 Å². The summed E-state index contributed by atoms with van der Waals surface area (Å²) in [5.74, 6) is -0.302. The first kappa shape index (κ1) is 23.7. The fourth-order valence-electron chi connectivity index (χ4n) is 2.87. The van der Waals surface area contributed by atoms with Gasteiger partial charge < -0.3 is 5.32 Å². The van der Waals surface area contributed by atoms with Crippen molar-refractivity contribution in [3.8, 4) is 0 Å². The Morgan fingerprint density at radius 2 is 1.00 bits per heavy atom. The number of Topliss-reactive ketones (excluding diaryl/α,β-unsaturated/α-hetero) is 1. The van der Waals surface area contributed by atoms with Crippen LogP contribution in [0.4, 0.5) is 26.3 Å². The number of piperidine rings is 1. The molecule has 1 heterocycles. The zero-order chi connectivity index (χ0) is 21.2. The third-order valence-electron chi connectivity index (χ3n) is 4.37. The lowest BCUT2D eigenvalue weighted by molar-refractivity contribution is -0.138. The van der Waals surface area contributed by atoms with Gasteiger partial charge in [0, 0.05) is 24.2 Å². The Morgan fingerprint density at radius 1 is 0.667 bits per heavy atom. The zero-order valence-corrected chi connectivity index (χ0v) is 16.1. The van der Waals surface area contributed by atoms with Crippen molar-refractivity contribution in [3.05, 3.63) is 81.9 Å². The normalized spacial score (nSPS) is 17.9. The second kappa shape index (κ2) is 9.06. The van der Waals surface area contributed by atoms with Crippen molar-refractivity contribution >= 4 is 30.3 Å². The van der Waals surface area contributed by atoms with Gasteiger partial charge >= 0.3 is 12.4 Å². The highest BCUT2D eigenvalue weighted by Crippen LogP contribution is 2.30. The number of carbonyl (C=O) groups is 1. The number of halogens is 7. The standard InChI is InChI=1S/C21H15F6NO.ClH/c22-20(23,24)17-5-1-13(2-6-17)9-15-11-28-12-16(19(15)29)10-14-3-7-18(8-4-14)21(25,26)27;/h1-10,28H,11-12H2;1H. The van der Waals surface area contributed by atoms with Crippen molar-refractivity contribution in [2.75, 3.05) is 13.1 Å². The van der Waals surface area contributed by atoms with Crippen LogP contribution >= 0.6 is 12.4 Å². The topological polar surface area (TPSA) is 29.1 Å². The molecule has 30 heavy (non-hydrogen) atoms. The lowest BCUT2D eigenvalue weighted by Crippen LogP contribution is -2.32. The van der Waals surface area contributed by atoms with Crippen molar-refractivity contribution in [1.82, 2.24) is 5.32 Å². The second-order valence-corrected chi connectivity index (χ2v) is 6.51. The molecular formula is C21H16ClF6NO. The smallest absolute Gasteiger partial charge is 0.308 e. The van der Waals surface area contributed by atoms with Gasteiger partial charge in [0.2, 0.25) is 0 Å². The summed E-state index contributed by atoms with van der Waals surface area (Å²) in [6, 6.07) is 8.85. The first-order chi connectivity index (χ1) is 13.5. The number of ketones is 1. The lowest BCUT2D eigenvalue weighted by atomic mass is 9.95. The van der Waals surface area contributed by atoms with Gasteiger partial charge in [-0.3, -0.25) is 4.79 Å². The molecule has 0 aromatic heterocycles. The SMILES string of the molecule is Cl.O=C1C(=Cc2ccc(C(F)(F)F)cc2)CNCC1=Cc1ccc(C(F)(F)F)cc1. The van der Waals surface area contributed by atoms with Gasteiger partial charge in [0.25, 0.3) is 0 Å². The molecule has 0 amide bonds. The van der Waals surface area contributed by atoms with Crippen LogP contribution in [0.25, 0.3) is 12.2 Å². The largest absolute Gasteiger partial charge is 0.416 e. The minimum Gasteiger partial charge on any atom is -0.308 e. The number of nitrogens with one attached hydrogen (secondary N) is 1. The van der Waals surface area contributed by atoms with E-state index in [2.05, 4.69) is 5.32 Å². The molecule has 0 unspecified atom stereocenters. The Bertz CT molecular complexity index is 879. The van der Waals surface area contributed by atoms with Crippen LogP contribution in [-0.2, 0) is 17.1 Å². The molecule has 1 aliphatic rings. The fraction of sp³-hybridized carbons (Fsp3) is 0.190. The lowest BCUT2D eigenvalue weighted by Gasteiger charge is -2.18. The highest BCUT2D eigenvalue weighted by Gasteiger charge is 2.30. The quantitative estimate of drug-likeness (QED) is 0.466. The molecule has 2 aromatic rings. The third kappa shape index (κ3) is 5.73. The van der Waals surface area contributed by atoms with E-state index >= 15 is 0 Å². The number of hydrogen-bond donors (Lipinski definition) is 1. The van der Waals surface area contributed by atoms with Crippen molar-refractivity contribution in [1.29, 1.82) is 0 Å². The van der Waals surface area contributed by atoms with Gasteiger partial charge in [0.15, 0.2) is 5.78 Å². The van der Waals surface area contributed by atoms with Crippen LogP contribution in [0.2, 0.25) is 0 Å². The van der Waals surface area contributed by atoms with Gasteiger partial charge in [0.1, 0.15) is 0 Å². The Morgan fingerprint density at radius 3 is 1.30 bits per heavy atom. The van der Waals surface area contributed by atoms with Gasteiger partial charge in [-0.05, 0) is 47.5 Å². The predicted octanol–water partition coefficient (Wildman–Crippen LogP) is 5.79. The van der Waals surface area contributed by atoms with E-state index in [9.17, 15) is 31.1 Å². The van der Waals surface area contributed by atoms with Crippen LogP contribution in [0, 0.1) is 0 Å². The first-order valence-electron chi connectivity index (χ1n) is 8.55. The zero-order valence-electron chi connectivity index (χ0n) is 15.3. The van der Waals surface area contributed by atoms with Crippen LogP contribution in [-0.4, -0.2) is 18.9 Å². The number of carbonyl (C=O) groups excluding carboxylic acids is 1. The first-order valence-corrected chi connectivity index (χ1v) is 8.55. The Kier molecular flexibility index (Phi) is 7.15. The highest BCUT2D eigenvalue weighted by molar-refractivity contribution is 6.14.